The van der Waals surface area contributed by atoms with E-state index in [4.69, 9.17) is 38.6 Å². The molecule has 3 heterocycles. The van der Waals surface area contributed by atoms with E-state index in [1.807, 2.05) is 6.92 Å². The summed E-state index contributed by atoms with van der Waals surface area (Å²) in [5.74, 6) is -0.155. The normalized spacial score (nSPS) is 33.4. The monoisotopic (exact) mass is 698 g/mol. The fraction of sp³-hybridized carbons (Fsp3) is 0.938. The molecule has 0 aromatic rings. The van der Waals surface area contributed by atoms with Gasteiger partial charge < -0.3 is 69.7 Å². The van der Waals surface area contributed by atoms with Gasteiger partial charge in [-0.15, -0.1) is 0 Å². The van der Waals surface area contributed by atoms with E-state index >= 15 is 0 Å². The van der Waals surface area contributed by atoms with Gasteiger partial charge in [0.15, 0.2) is 18.9 Å². The summed E-state index contributed by atoms with van der Waals surface area (Å²) >= 11 is 0. The van der Waals surface area contributed by atoms with Crippen LogP contribution in [0.5, 0.6) is 0 Å². The van der Waals surface area contributed by atoms with Crippen molar-refractivity contribution in [1.29, 1.82) is 0 Å². The predicted molar refractivity (Wildman–Crippen MR) is 172 cm³/mol. The highest BCUT2D eigenvalue weighted by molar-refractivity contribution is 5.75. The van der Waals surface area contributed by atoms with Crippen LogP contribution in [0.1, 0.15) is 85.5 Å². The number of carbonyl (C=O) groups is 2. The number of ether oxygens (including phenoxy) is 6. The van der Waals surface area contributed by atoms with Crippen LogP contribution in [-0.4, -0.2) is 150 Å². The van der Waals surface area contributed by atoms with Crippen LogP contribution >= 0.6 is 0 Å². The standard InChI is InChI=1S/C27H49NO11.C4H9NO2.CH4O/c1-4-5-6-7-8-22(31)28-11-12-34-26-24(33)21(39-27-23(32)20(30)13-17(3)37-27)14-18(38-26)15-35-25-19(29)10-9-16(2)36-25;1-4(7)5-2-3-6;1-2/h16-21,23-27,29-30,32-33H,4-15H2,1-3H3,(H,28,31);6H,2-3H2,1H3,(H,5,7);2H,1H3/t16?,17?,18?,19?,20?,21?,23?,24?,25-,26-,27+;;/m0../s1. The van der Waals surface area contributed by atoms with Gasteiger partial charge in [-0.3, -0.25) is 9.59 Å². The van der Waals surface area contributed by atoms with Crippen molar-refractivity contribution in [3.05, 3.63) is 0 Å². The zero-order valence-corrected chi connectivity index (χ0v) is 29.2. The largest absolute Gasteiger partial charge is 0.400 e. The van der Waals surface area contributed by atoms with Gasteiger partial charge in [-0.05, 0) is 33.1 Å². The molecule has 8 unspecified atom stereocenters. The molecule has 0 aromatic heterocycles. The number of unbranched alkanes of at least 4 members (excludes halogenated alkanes) is 3. The molecule has 0 saturated carbocycles. The highest BCUT2D eigenvalue weighted by Gasteiger charge is 2.44. The first-order chi connectivity index (χ1) is 22.9. The van der Waals surface area contributed by atoms with Gasteiger partial charge in [-0.2, -0.15) is 0 Å². The van der Waals surface area contributed by atoms with E-state index in [9.17, 15) is 30.0 Å². The quantitative estimate of drug-likeness (QED) is 0.0944. The van der Waals surface area contributed by atoms with E-state index < -0.39 is 55.5 Å². The lowest BCUT2D eigenvalue weighted by Crippen LogP contribution is -2.56. The minimum absolute atomic E-state index is 0.0135. The number of aliphatic hydroxyl groups is 6. The summed E-state index contributed by atoms with van der Waals surface area (Å²) < 4.78 is 34.9. The summed E-state index contributed by atoms with van der Waals surface area (Å²) in [6, 6.07) is 0. The van der Waals surface area contributed by atoms with E-state index in [0.29, 0.717) is 19.4 Å². The second kappa shape index (κ2) is 25.4. The van der Waals surface area contributed by atoms with Crippen molar-refractivity contribution < 1.29 is 68.6 Å². The van der Waals surface area contributed by atoms with E-state index in [2.05, 4.69) is 17.6 Å². The summed E-state index contributed by atoms with van der Waals surface area (Å²) in [6.45, 7) is 7.98. The van der Waals surface area contributed by atoms with Gasteiger partial charge in [-0.1, -0.05) is 26.2 Å². The van der Waals surface area contributed by atoms with E-state index in [0.717, 1.165) is 39.2 Å². The zero-order valence-electron chi connectivity index (χ0n) is 29.2. The van der Waals surface area contributed by atoms with Crippen molar-refractivity contribution in [2.24, 2.45) is 0 Å². The van der Waals surface area contributed by atoms with Gasteiger partial charge in [0.05, 0.1) is 50.3 Å². The molecule has 0 spiro atoms. The SMILES string of the molecule is CC(=O)NCCO.CCCCCCC(=O)NCCO[C@H]1OC(CO[C@H]2OC(C)CCC2O)CC(O[C@H]2OC(C)CC(O)C2O)C1O.CO. The van der Waals surface area contributed by atoms with Gasteiger partial charge >= 0.3 is 0 Å². The third kappa shape index (κ3) is 17.4. The number of amides is 2. The van der Waals surface area contributed by atoms with E-state index in [1.54, 1.807) is 6.92 Å². The van der Waals surface area contributed by atoms with Crippen LogP contribution in [0.15, 0.2) is 0 Å². The van der Waals surface area contributed by atoms with Crippen LogP contribution in [-0.2, 0) is 38.0 Å². The number of hydrogen-bond donors (Lipinski definition) is 8. The minimum atomic E-state index is -1.27. The number of aliphatic hydroxyl groups excluding tert-OH is 6. The maximum absolute atomic E-state index is 12.0. The van der Waals surface area contributed by atoms with Gasteiger partial charge in [0, 0.05) is 46.4 Å². The third-order valence-corrected chi connectivity index (χ3v) is 7.85. The summed E-state index contributed by atoms with van der Waals surface area (Å²) in [7, 11) is 1.00. The summed E-state index contributed by atoms with van der Waals surface area (Å²) in [4.78, 5) is 22.0. The first-order valence-corrected chi connectivity index (χ1v) is 17.1. The molecule has 0 bridgehead atoms. The zero-order chi connectivity index (χ0) is 36.1. The smallest absolute Gasteiger partial charge is 0.220 e. The molecule has 0 aliphatic carbocycles. The molecular weight excluding hydrogens is 636 g/mol. The molecule has 11 atom stereocenters. The Kier molecular flexibility index (Phi) is 23.6. The van der Waals surface area contributed by atoms with Gasteiger partial charge in [-0.25, -0.2) is 0 Å². The molecule has 3 aliphatic rings. The average molecular weight is 699 g/mol. The van der Waals surface area contributed by atoms with Gasteiger partial charge in [0.1, 0.15) is 18.3 Å². The molecule has 48 heavy (non-hydrogen) atoms. The van der Waals surface area contributed by atoms with Gasteiger partial charge in [0.25, 0.3) is 0 Å². The molecule has 3 fully saturated rings. The summed E-state index contributed by atoms with van der Waals surface area (Å²) in [5, 5.41) is 62.1. The van der Waals surface area contributed by atoms with Crippen LogP contribution in [0.25, 0.3) is 0 Å². The van der Waals surface area contributed by atoms with Crippen molar-refractivity contribution in [2.75, 3.05) is 40.0 Å². The van der Waals surface area contributed by atoms with Crippen molar-refractivity contribution in [1.82, 2.24) is 10.6 Å². The summed E-state index contributed by atoms with van der Waals surface area (Å²) in [6.07, 6.45) is -2.86. The predicted octanol–water partition coefficient (Wildman–Crippen LogP) is -0.567. The molecule has 8 N–H and O–H groups in total. The minimum Gasteiger partial charge on any atom is -0.400 e. The van der Waals surface area contributed by atoms with Crippen molar-refractivity contribution in [2.45, 2.75) is 153 Å². The second-order valence-electron chi connectivity index (χ2n) is 12.2. The second-order valence-corrected chi connectivity index (χ2v) is 12.2. The van der Waals surface area contributed by atoms with Crippen LogP contribution < -0.4 is 10.6 Å². The Morgan fingerprint density at radius 1 is 0.792 bits per heavy atom. The fourth-order valence-electron chi connectivity index (χ4n) is 5.27. The molecular formula is C32H62N2O14. The van der Waals surface area contributed by atoms with Crippen molar-refractivity contribution in [3.63, 3.8) is 0 Å². The van der Waals surface area contributed by atoms with E-state index in [1.165, 1.54) is 6.92 Å². The molecule has 3 rings (SSSR count). The van der Waals surface area contributed by atoms with Crippen LogP contribution in [0.3, 0.4) is 0 Å². The van der Waals surface area contributed by atoms with Crippen molar-refractivity contribution in [3.8, 4) is 0 Å². The Balaban J connectivity index is 0.00000113. The molecule has 16 nitrogen and oxygen atoms in total. The Hall–Kier alpha value is -1.54. The topological polar surface area (TPSA) is 235 Å². The molecule has 284 valence electrons. The van der Waals surface area contributed by atoms with Crippen LogP contribution in [0.2, 0.25) is 0 Å². The molecule has 3 aliphatic heterocycles. The third-order valence-electron chi connectivity index (χ3n) is 7.85. The lowest BCUT2D eigenvalue weighted by Gasteiger charge is -2.43. The Labute approximate surface area is 284 Å². The molecule has 3 saturated heterocycles. The number of rotatable bonds is 16. The fourth-order valence-corrected chi connectivity index (χ4v) is 5.27. The Morgan fingerprint density at radius 2 is 1.50 bits per heavy atom. The van der Waals surface area contributed by atoms with Gasteiger partial charge in [0.2, 0.25) is 11.8 Å². The lowest BCUT2D eigenvalue weighted by atomic mass is 10.0. The highest BCUT2D eigenvalue weighted by atomic mass is 16.7. The molecule has 0 radical (unpaired) electrons. The van der Waals surface area contributed by atoms with E-state index in [-0.39, 0.29) is 63.2 Å². The first kappa shape index (κ1) is 44.5. The first-order valence-electron chi connectivity index (χ1n) is 17.1. The van der Waals surface area contributed by atoms with Crippen LogP contribution in [0, 0.1) is 0 Å². The number of hydrogen-bond acceptors (Lipinski definition) is 14. The number of nitrogens with one attached hydrogen (secondary N) is 2. The maximum Gasteiger partial charge on any atom is 0.220 e. The maximum atomic E-state index is 12.0. The highest BCUT2D eigenvalue weighted by Crippen LogP contribution is 2.30. The summed E-state index contributed by atoms with van der Waals surface area (Å²) in [5.41, 5.74) is 0. The van der Waals surface area contributed by atoms with Crippen LogP contribution in [0.4, 0.5) is 0 Å². The number of carbonyl (C=O) groups excluding carboxylic acids is 2. The molecule has 0 aromatic carbocycles. The van der Waals surface area contributed by atoms with Crippen molar-refractivity contribution >= 4 is 11.8 Å². The Bertz CT molecular complexity index is 858. The Morgan fingerprint density at radius 3 is 2.15 bits per heavy atom. The molecule has 2 amide bonds. The lowest BCUT2D eigenvalue weighted by molar-refractivity contribution is -0.332. The molecule has 16 heteroatoms. The average Bonchev–Trinajstić information content (AvgIpc) is 3.06.